The van der Waals surface area contributed by atoms with Gasteiger partial charge in [-0.25, -0.2) is 8.42 Å². The van der Waals surface area contributed by atoms with Gasteiger partial charge in [0.25, 0.3) is 0 Å². The number of anilines is 2. The molecule has 2 rings (SSSR count). The second-order valence-corrected chi connectivity index (χ2v) is 8.39. The molecule has 0 radical (unpaired) electrons. The number of ether oxygens (including phenoxy) is 1. The molecule has 10 heteroatoms. The molecule has 2 aromatic carbocycles. The Morgan fingerprint density at radius 1 is 1.08 bits per heavy atom. The van der Waals surface area contributed by atoms with Crippen molar-refractivity contribution in [1.82, 2.24) is 0 Å². The molecule has 0 spiro atoms. The van der Waals surface area contributed by atoms with Gasteiger partial charge in [0, 0.05) is 5.69 Å². The Balaban J connectivity index is 2.22. The van der Waals surface area contributed by atoms with E-state index in [-0.39, 0.29) is 15.7 Å². The number of nitrogens with zero attached hydrogens (tertiary/aromatic N) is 1. The van der Waals surface area contributed by atoms with E-state index >= 15 is 0 Å². The lowest BCUT2D eigenvalue weighted by atomic mass is 10.3. The van der Waals surface area contributed by atoms with Crippen molar-refractivity contribution in [2.24, 2.45) is 0 Å². The van der Waals surface area contributed by atoms with Crippen molar-refractivity contribution in [1.29, 1.82) is 0 Å². The summed E-state index contributed by atoms with van der Waals surface area (Å²) in [6.45, 7) is -0.444. The minimum atomic E-state index is -3.73. The number of carbonyl (C=O) groups is 1. The van der Waals surface area contributed by atoms with Crippen LogP contribution in [0.25, 0.3) is 0 Å². The molecule has 0 bridgehead atoms. The zero-order valence-electron chi connectivity index (χ0n) is 13.8. The molecular weight excluding hydrogens is 423 g/mol. The van der Waals surface area contributed by atoms with Gasteiger partial charge in [-0.2, -0.15) is 0 Å². The number of benzene rings is 2. The van der Waals surface area contributed by atoms with Crippen LogP contribution in [0, 0.1) is 0 Å². The lowest BCUT2D eigenvalue weighted by Crippen LogP contribution is -2.37. The largest absolute Gasteiger partial charge is 0.495 e. The van der Waals surface area contributed by atoms with Crippen LogP contribution < -0.4 is 14.4 Å². The molecule has 0 aliphatic heterocycles. The smallest absolute Gasteiger partial charge is 0.245 e. The van der Waals surface area contributed by atoms with Gasteiger partial charge in [-0.3, -0.25) is 9.10 Å². The Bertz CT molecular complexity index is 935. The van der Waals surface area contributed by atoms with E-state index < -0.39 is 22.5 Å². The van der Waals surface area contributed by atoms with Gasteiger partial charge >= 0.3 is 0 Å². The Hall–Kier alpha value is -1.67. The van der Waals surface area contributed by atoms with Gasteiger partial charge in [-0.15, -0.1) is 0 Å². The lowest BCUT2D eigenvalue weighted by Gasteiger charge is -2.22. The number of sulfonamides is 1. The quantitative estimate of drug-likeness (QED) is 0.739. The fourth-order valence-corrected chi connectivity index (χ4v) is 3.51. The maximum absolute atomic E-state index is 12.3. The molecule has 0 saturated heterocycles. The third-order valence-electron chi connectivity index (χ3n) is 3.31. The van der Waals surface area contributed by atoms with E-state index in [0.717, 1.165) is 10.6 Å². The highest BCUT2D eigenvalue weighted by Gasteiger charge is 2.22. The van der Waals surface area contributed by atoms with Crippen LogP contribution in [0.1, 0.15) is 0 Å². The molecule has 0 heterocycles. The standard InChI is InChI=1S/C16H15Cl3N2O4S/c1-25-15-6-3-10(7-14(15)19)20-16(22)9-21(26(2,23)24)11-4-5-12(17)13(18)8-11/h3-8H,9H2,1-2H3,(H,20,22). The van der Waals surface area contributed by atoms with Gasteiger partial charge in [0.05, 0.1) is 34.1 Å². The normalized spacial score (nSPS) is 11.1. The van der Waals surface area contributed by atoms with Gasteiger partial charge in [-0.05, 0) is 36.4 Å². The fourth-order valence-electron chi connectivity index (χ4n) is 2.12. The highest BCUT2D eigenvalue weighted by Crippen LogP contribution is 2.29. The van der Waals surface area contributed by atoms with Crippen molar-refractivity contribution in [2.45, 2.75) is 0 Å². The first-order valence-corrected chi connectivity index (χ1v) is 10.2. The highest BCUT2D eigenvalue weighted by atomic mass is 35.5. The predicted molar refractivity (Wildman–Crippen MR) is 105 cm³/mol. The minimum absolute atomic E-state index is 0.181. The molecule has 1 amide bonds. The van der Waals surface area contributed by atoms with E-state index in [1.807, 2.05) is 0 Å². The molecule has 0 fully saturated rings. The van der Waals surface area contributed by atoms with Crippen LogP contribution in [0.4, 0.5) is 11.4 Å². The molecule has 0 aromatic heterocycles. The van der Waals surface area contributed by atoms with Gasteiger partial charge in [0.2, 0.25) is 15.9 Å². The van der Waals surface area contributed by atoms with Crippen LogP contribution in [0.5, 0.6) is 5.75 Å². The SMILES string of the molecule is COc1ccc(NC(=O)CN(c2ccc(Cl)c(Cl)c2)S(C)(=O)=O)cc1Cl. The van der Waals surface area contributed by atoms with Crippen molar-refractivity contribution in [3.63, 3.8) is 0 Å². The zero-order valence-corrected chi connectivity index (χ0v) is 16.9. The van der Waals surface area contributed by atoms with Crippen LogP contribution in [0.15, 0.2) is 36.4 Å². The summed E-state index contributed by atoms with van der Waals surface area (Å²) in [6, 6.07) is 8.98. The van der Waals surface area contributed by atoms with Crippen molar-refractivity contribution >= 4 is 62.1 Å². The number of hydrogen-bond acceptors (Lipinski definition) is 4. The summed E-state index contributed by atoms with van der Waals surface area (Å²) in [5.41, 5.74) is 0.633. The van der Waals surface area contributed by atoms with E-state index in [4.69, 9.17) is 39.5 Å². The number of rotatable bonds is 6. The minimum Gasteiger partial charge on any atom is -0.495 e. The lowest BCUT2D eigenvalue weighted by molar-refractivity contribution is -0.114. The first-order chi connectivity index (χ1) is 12.1. The van der Waals surface area contributed by atoms with Crippen LogP contribution >= 0.6 is 34.8 Å². The monoisotopic (exact) mass is 436 g/mol. The summed E-state index contributed by atoms with van der Waals surface area (Å²) in [4.78, 5) is 12.3. The fraction of sp³-hybridized carbons (Fsp3) is 0.188. The Kier molecular flexibility index (Phi) is 6.63. The van der Waals surface area contributed by atoms with Crippen LogP contribution in [0.2, 0.25) is 15.1 Å². The zero-order chi connectivity index (χ0) is 19.5. The Morgan fingerprint density at radius 2 is 1.77 bits per heavy atom. The van der Waals surface area contributed by atoms with Crippen molar-refractivity contribution in [3.8, 4) is 5.75 Å². The summed E-state index contributed by atoms with van der Waals surface area (Å²) >= 11 is 17.8. The molecule has 0 atom stereocenters. The van der Waals surface area contributed by atoms with Gasteiger partial charge in [0.1, 0.15) is 12.3 Å². The van der Waals surface area contributed by atoms with E-state index in [2.05, 4.69) is 5.32 Å². The maximum atomic E-state index is 12.3. The van der Waals surface area contributed by atoms with E-state index in [9.17, 15) is 13.2 Å². The number of methoxy groups -OCH3 is 1. The van der Waals surface area contributed by atoms with E-state index in [1.54, 1.807) is 12.1 Å². The topological polar surface area (TPSA) is 75.7 Å². The second kappa shape index (κ2) is 8.35. The number of halogens is 3. The molecule has 1 N–H and O–H groups in total. The van der Waals surface area contributed by atoms with Crippen molar-refractivity contribution < 1.29 is 17.9 Å². The average Bonchev–Trinajstić information content (AvgIpc) is 2.54. The number of amides is 1. The van der Waals surface area contributed by atoms with Crippen LogP contribution in [0.3, 0.4) is 0 Å². The second-order valence-electron chi connectivity index (χ2n) is 5.27. The summed E-state index contributed by atoms with van der Waals surface area (Å²) in [5, 5.41) is 3.36. The number of hydrogen-bond donors (Lipinski definition) is 1. The van der Waals surface area contributed by atoms with Gasteiger partial charge in [-0.1, -0.05) is 34.8 Å². The van der Waals surface area contributed by atoms with Gasteiger partial charge in [0.15, 0.2) is 0 Å². The van der Waals surface area contributed by atoms with Crippen molar-refractivity contribution in [3.05, 3.63) is 51.5 Å². The summed E-state index contributed by atoms with van der Waals surface area (Å²) in [6.07, 6.45) is 0.993. The van der Waals surface area contributed by atoms with Crippen molar-refractivity contribution in [2.75, 3.05) is 29.5 Å². The summed E-state index contributed by atoms with van der Waals surface area (Å²) in [7, 11) is -2.26. The van der Waals surface area contributed by atoms with Crippen LogP contribution in [-0.2, 0) is 14.8 Å². The predicted octanol–water partition coefficient (Wildman–Crippen LogP) is 4.06. The third kappa shape index (κ3) is 5.17. The molecule has 0 unspecified atom stereocenters. The molecule has 6 nitrogen and oxygen atoms in total. The highest BCUT2D eigenvalue weighted by molar-refractivity contribution is 7.92. The maximum Gasteiger partial charge on any atom is 0.245 e. The molecule has 0 saturated carbocycles. The Morgan fingerprint density at radius 3 is 2.31 bits per heavy atom. The van der Waals surface area contributed by atoms with E-state index in [1.165, 1.54) is 31.4 Å². The molecule has 140 valence electrons. The molecule has 2 aromatic rings. The summed E-state index contributed by atoms with van der Waals surface area (Å²) in [5.74, 6) is -0.0963. The first kappa shape index (κ1) is 20.6. The van der Waals surface area contributed by atoms with Crippen LogP contribution in [-0.4, -0.2) is 34.2 Å². The number of carbonyl (C=O) groups excluding carboxylic acids is 1. The molecule has 0 aliphatic rings. The molecule has 26 heavy (non-hydrogen) atoms. The van der Waals surface area contributed by atoms with Gasteiger partial charge < -0.3 is 10.1 Å². The Labute approximate surface area is 166 Å². The molecule has 0 aliphatic carbocycles. The molecular formula is C16H15Cl3N2O4S. The van der Waals surface area contributed by atoms with E-state index in [0.29, 0.717) is 16.5 Å². The average molecular weight is 438 g/mol. The third-order valence-corrected chi connectivity index (χ3v) is 5.49. The number of nitrogens with one attached hydrogen (secondary N) is 1. The summed E-state index contributed by atoms with van der Waals surface area (Å²) < 4.78 is 30.1. The first-order valence-electron chi connectivity index (χ1n) is 7.18.